The zero-order valence-electron chi connectivity index (χ0n) is 16.8. The Morgan fingerprint density at radius 3 is 2.77 bits per heavy atom. The molecular formula is C20H38N4O2. The molecular weight excluding hydrogens is 328 g/mol. The standard InChI is InChI=1S/C20H38N4O2/c1-14-5-8-19(23-13-14)21-9-4-10-22-20(25)18-12-15-11-16(26-3)6-7-17(15)24(18)2/h14-19,21,23H,4-13H2,1-3H3,(H,22,25). The topological polar surface area (TPSA) is 65.6 Å². The van der Waals surface area contributed by atoms with Crippen LogP contribution in [0.2, 0.25) is 0 Å². The molecule has 3 rings (SSSR count). The highest BCUT2D eigenvalue weighted by molar-refractivity contribution is 5.82. The molecule has 0 aromatic carbocycles. The lowest BCUT2D eigenvalue weighted by Gasteiger charge is -2.34. The van der Waals surface area contributed by atoms with Crippen molar-refractivity contribution in [2.45, 2.75) is 76.2 Å². The van der Waals surface area contributed by atoms with Crippen molar-refractivity contribution in [2.24, 2.45) is 11.8 Å². The zero-order valence-corrected chi connectivity index (χ0v) is 16.8. The summed E-state index contributed by atoms with van der Waals surface area (Å²) in [5, 5.41) is 10.3. The fourth-order valence-corrected chi connectivity index (χ4v) is 5.05. The second-order valence-corrected chi connectivity index (χ2v) is 8.66. The number of ether oxygens (including phenoxy) is 1. The third-order valence-electron chi connectivity index (χ3n) is 6.78. The Labute approximate surface area is 158 Å². The van der Waals surface area contributed by atoms with Gasteiger partial charge in [-0.25, -0.2) is 0 Å². The Hall–Kier alpha value is -0.690. The van der Waals surface area contributed by atoms with Crippen LogP contribution < -0.4 is 16.0 Å². The summed E-state index contributed by atoms with van der Waals surface area (Å²) in [6, 6.07) is 0.591. The van der Waals surface area contributed by atoms with E-state index in [1.165, 1.54) is 12.8 Å². The van der Waals surface area contributed by atoms with Crippen LogP contribution in [0.5, 0.6) is 0 Å². The molecule has 26 heavy (non-hydrogen) atoms. The predicted octanol–water partition coefficient (Wildman–Crippen LogP) is 1.32. The molecule has 3 aliphatic rings. The minimum atomic E-state index is 0.0371. The molecule has 0 bridgehead atoms. The molecule has 0 aromatic rings. The Morgan fingerprint density at radius 1 is 1.19 bits per heavy atom. The lowest BCUT2D eigenvalue weighted by molar-refractivity contribution is -0.125. The van der Waals surface area contributed by atoms with E-state index in [9.17, 15) is 4.79 Å². The normalized spacial score (nSPS) is 38.1. The molecule has 2 aliphatic heterocycles. The van der Waals surface area contributed by atoms with Crippen LogP contribution in [0.15, 0.2) is 0 Å². The van der Waals surface area contributed by atoms with Crippen molar-refractivity contribution in [1.82, 2.24) is 20.9 Å². The maximum atomic E-state index is 12.6. The van der Waals surface area contributed by atoms with Crippen molar-refractivity contribution in [3.8, 4) is 0 Å². The number of hydrogen-bond donors (Lipinski definition) is 3. The summed E-state index contributed by atoms with van der Waals surface area (Å²) in [7, 11) is 3.94. The maximum Gasteiger partial charge on any atom is 0.237 e. The third-order valence-corrected chi connectivity index (χ3v) is 6.78. The molecule has 0 aromatic heterocycles. The molecule has 6 atom stereocenters. The largest absolute Gasteiger partial charge is 0.381 e. The smallest absolute Gasteiger partial charge is 0.237 e. The second kappa shape index (κ2) is 9.49. The fraction of sp³-hybridized carbons (Fsp3) is 0.950. The van der Waals surface area contributed by atoms with Gasteiger partial charge in [0.05, 0.1) is 18.3 Å². The van der Waals surface area contributed by atoms with Gasteiger partial charge in [-0.05, 0) is 76.9 Å². The summed E-state index contributed by atoms with van der Waals surface area (Å²) in [5.41, 5.74) is 0. The van der Waals surface area contributed by atoms with Crippen LogP contribution in [0, 0.1) is 11.8 Å². The first-order valence-electron chi connectivity index (χ1n) is 10.6. The van der Waals surface area contributed by atoms with Gasteiger partial charge in [-0.1, -0.05) is 6.92 Å². The molecule has 6 nitrogen and oxygen atoms in total. The number of likely N-dealkylation sites (N-methyl/N-ethyl adjacent to an activating group) is 1. The molecule has 0 radical (unpaired) electrons. The van der Waals surface area contributed by atoms with Gasteiger partial charge in [0.15, 0.2) is 0 Å². The number of fused-ring (bicyclic) bond motifs is 1. The molecule has 0 spiro atoms. The van der Waals surface area contributed by atoms with Gasteiger partial charge in [0.2, 0.25) is 5.91 Å². The third kappa shape index (κ3) is 4.97. The number of amides is 1. The summed E-state index contributed by atoms with van der Waals surface area (Å²) >= 11 is 0. The van der Waals surface area contributed by atoms with Crippen LogP contribution >= 0.6 is 0 Å². The first kappa shape index (κ1) is 20.1. The molecule has 150 valence electrons. The van der Waals surface area contributed by atoms with E-state index < -0.39 is 0 Å². The van der Waals surface area contributed by atoms with Gasteiger partial charge in [-0.2, -0.15) is 0 Å². The van der Waals surface area contributed by atoms with Gasteiger partial charge in [-0.15, -0.1) is 0 Å². The highest BCUT2D eigenvalue weighted by Gasteiger charge is 2.44. The van der Waals surface area contributed by atoms with Crippen molar-refractivity contribution in [1.29, 1.82) is 0 Å². The molecule has 3 fully saturated rings. The Balaban J connectivity index is 1.32. The number of nitrogens with one attached hydrogen (secondary N) is 3. The van der Waals surface area contributed by atoms with E-state index in [-0.39, 0.29) is 11.9 Å². The zero-order chi connectivity index (χ0) is 18.5. The van der Waals surface area contributed by atoms with Crippen LogP contribution in [-0.4, -0.2) is 69.0 Å². The number of carbonyl (C=O) groups is 1. The average molecular weight is 367 g/mol. The summed E-state index contributed by atoms with van der Waals surface area (Å²) < 4.78 is 5.55. The molecule has 1 saturated carbocycles. The summed E-state index contributed by atoms with van der Waals surface area (Å²) in [4.78, 5) is 15.0. The van der Waals surface area contributed by atoms with Crippen LogP contribution in [0.1, 0.15) is 51.9 Å². The highest BCUT2D eigenvalue weighted by Crippen LogP contribution is 2.39. The van der Waals surface area contributed by atoms with Crippen molar-refractivity contribution in [2.75, 3.05) is 33.8 Å². The van der Waals surface area contributed by atoms with Crippen LogP contribution in [0.4, 0.5) is 0 Å². The number of nitrogens with zero attached hydrogens (tertiary/aromatic N) is 1. The van der Waals surface area contributed by atoms with Crippen LogP contribution in [0.25, 0.3) is 0 Å². The molecule has 6 unspecified atom stereocenters. The second-order valence-electron chi connectivity index (χ2n) is 8.66. The van der Waals surface area contributed by atoms with Crippen LogP contribution in [0.3, 0.4) is 0 Å². The molecule has 1 aliphatic carbocycles. The van der Waals surface area contributed by atoms with Gasteiger partial charge in [-0.3, -0.25) is 9.69 Å². The Bertz CT molecular complexity index is 453. The van der Waals surface area contributed by atoms with E-state index in [4.69, 9.17) is 4.74 Å². The first-order chi connectivity index (χ1) is 12.6. The van der Waals surface area contributed by atoms with E-state index >= 15 is 0 Å². The SMILES string of the molecule is COC1CCC2C(C1)CC(C(=O)NCCCNC1CCC(C)CN1)N2C. The lowest BCUT2D eigenvalue weighted by Crippen LogP contribution is -2.48. The minimum Gasteiger partial charge on any atom is -0.381 e. The fourth-order valence-electron chi connectivity index (χ4n) is 5.05. The van der Waals surface area contributed by atoms with Crippen molar-refractivity contribution in [3.63, 3.8) is 0 Å². The summed E-state index contributed by atoms with van der Waals surface area (Å²) in [5.74, 6) is 1.61. The van der Waals surface area contributed by atoms with Crippen molar-refractivity contribution >= 4 is 5.91 Å². The van der Waals surface area contributed by atoms with E-state index in [1.54, 1.807) is 0 Å². The number of carbonyl (C=O) groups excluding carboxylic acids is 1. The molecule has 2 heterocycles. The number of methoxy groups -OCH3 is 1. The van der Waals surface area contributed by atoms with E-state index in [0.717, 1.165) is 57.7 Å². The van der Waals surface area contributed by atoms with Gasteiger partial charge in [0, 0.05) is 19.7 Å². The maximum absolute atomic E-state index is 12.6. The number of likely N-dealkylation sites (tertiary alicyclic amines) is 1. The van der Waals surface area contributed by atoms with E-state index in [1.807, 2.05) is 7.11 Å². The molecule has 3 N–H and O–H groups in total. The number of piperidine rings is 1. The molecule has 2 saturated heterocycles. The summed E-state index contributed by atoms with van der Waals surface area (Å²) in [6.07, 6.45) is 8.66. The average Bonchev–Trinajstić information content (AvgIpc) is 2.99. The van der Waals surface area contributed by atoms with Gasteiger partial charge < -0.3 is 20.7 Å². The molecule has 1 amide bonds. The lowest BCUT2D eigenvalue weighted by atomic mass is 9.83. The van der Waals surface area contributed by atoms with Crippen molar-refractivity contribution in [3.05, 3.63) is 0 Å². The van der Waals surface area contributed by atoms with E-state index in [2.05, 4.69) is 34.8 Å². The monoisotopic (exact) mass is 366 g/mol. The summed E-state index contributed by atoms with van der Waals surface area (Å²) in [6.45, 7) is 5.11. The van der Waals surface area contributed by atoms with Gasteiger partial charge in [0.25, 0.3) is 0 Å². The Morgan fingerprint density at radius 2 is 2.04 bits per heavy atom. The van der Waals surface area contributed by atoms with Gasteiger partial charge in [0.1, 0.15) is 0 Å². The molecule has 6 heteroatoms. The van der Waals surface area contributed by atoms with Crippen LogP contribution in [-0.2, 0) is 9.53 Å². The highest BCUT2D eigenvalue weighted by atomic mass is 16.5. The quantitative estimate of drug-likeness (QED) is 0.593. The van der Waals surface area contributed by atoms with E-state index in [0.29, 0.717) is 24.2 Å². The Kier molecular flexibility index (Phi) is 7.32. The van der Waals surface area contributed by atoms with Crippen molar-refractivity contribution < 1.29 is 9.53 Å². The first-order valence-corrected chi connectivity index (χ1v) is 10.6. The number of rotatable bonds is 7. The van der Waals surface area contributed by atoms with Gasteiger partial charge >= 0.3 is 0 Å². The predicted molar refractivity (Wildman–Crippen MR) is 104 cm³/mol. The minimum absolute atomic E-state index is 0.0371. The number of hydrogen-bond acceptors (Lipinski definition) is 5.